The lowest BCUT2D eigenvalue weighted by molar-refractivity contribution is -0.139. The fourth-order valence-corrected chi connectivity index (χ4v) is 4.83. The van der Waals surface area contributed by atoms with Crippen LogP contribution >= 0.6 is 0 Å². The predicted molar refractivity (Wildman–Crippen MR) is 96.9 cm³/mol. The lowest BCUT2D eigenvalue weighted by Crippen LogP contribution is -2.52. The summed E-state index contributed by atoms with van der Waals surface area (Å²) >= 11 is 0. The highest BCUT2D eigenvalue weighted by molar-refractivity contribution is 7.89. The number of carbonyl (C=O) groups is 2. The van der Waals surface area contributed by atoms with Crippen LogP contribution < -0.4 is 0 Å². The van der Waals surface area contributed by atoms with Crippen LogP contribution in [0.25, 0.3) is 0 Å². The Morgan fingerprint density at radius 2 is 1.70 bits per heavy atom. The van der Waals surface area contributed by atoms with Crippen molar-refractivity contribution in [2.45, 2.75) is 24.2 Å². The lowest BCUT2D eigenvalue weighted by Gasteiger charge is -2.36. The molecule has 2 fully saturated rings. The summed E-state index contributed by atoms with van der Waals surface area (Å²) in [6, 6.07) is 5.17. The van der Waals surface area contributed by atoms with Crippen molar-refractivity contribution in [3.05, 3.63) is 29.8 Å². The molecule has 8 nitrogen and oxygen atoms in total. The first kappa shape index (κ1) is 19.8. The topological polar surface area (TPSA) is 104 Å². The highest BCUT2D eigenvalue weighted by Crippen LogP contribution is 2.50. The van der Waals surface area contributed by atoms with Crippen molar-refractivity contribution < 1.29 is 27.9 Å². The van der Waals surface area contributed by atoms with Gasteiger partial charge >= 0.3 is 5.97 Å². The molecular weight excluding hydrogens is 372 g/mol. The molecule has 1 saturated carbocycles. The first-order valence-corrected chi connectivity index (χ1v) is 10.4. The fraction of sp³-hybridized carbons (Fsp3) is 0.556. The number of piperazine rings is 1. The number of hydrogen-bond donors (Lipinski definition) is 1. The molecule has 1 aliphatic heterocycles. The van der Waals surface area contributed by atoms with E-state index in [2.05, 4.69) is 0 Å². The van der Waals surface area contributed by atoms with E-state index in [9.17, 15) is 18.0 Å². The Morgan fingerprint density at radius 3 is 2.19 bits per heavy atom. The van der Waals surface area contributed by atoms with E-state index in [0.29, 0.717) is 26.1 Å². The van der Waals surface area contributed by atoms with Crippen molar-refractivity contribution >= 4 is 21.9 Å². The molecule has 0 bridgehead atoms. The molecule has 27 heavy (non-hydrogen) atoms. The molecule has 0 aromatic heterocycles. The van der Waals surface area contributed by atoms with Crippen molar-refractivity contribution in [1.29, 1.82) is 0 Å². The molecule has 0 unspecified atom stereocenters. The highest BCUT2D eigenvalue weighted by Gasteiger charge is 2.51. The van der Waals surface area contributed by atoms with Gasteiger partial charge in [0.2, 0.25) is 15.9 Å². The van der Waals surface area contributed by atoms with Gasteiger partial charge in [0, 0.05) is 39.9 Å². The quantitative estimate of drug-likeness (QED) is 0.738. The molecule has 9 heteroatoms. The predicted octanol–water partition coefficient (Wildman–Crippen LogP) is 1.03. The first-order valence-electron chi connectivity index (χ1n) is 8.92. The third-order valence-electron chi connectivity index (χ3n) is 5.36. The molecule has 3 rings (SSSR count). The van der Waals surface area contributed by atoms with Gasteiger partial charge in [0.25, 0.3) is 0 Å². The number of aromatic carboxylic acids is 1. The van der Waals surface area contributed by atoms with Crippen molar-refractivity contribution in [3.8, 4) is 0 Å². The number of hydrogen-bond acceptors (Lipinski definition) is 5. The van der Waals surface area contributed by atoms with E-state index in [1.54, 1.807) is 12.0 Å². The van der Waals surface area contributed by atoms with Crippen LogP contribution in [0.5, 0.6) is 0 Å². The van der Waals surface area contributed by atoms with Gasteiger partial charge in [0.1, 0.15) is 0 Å². The van der Waals surface area contributed by atoms with E-state index < -0.39 is 16.0 Å². The van der Waals surface area contributed by atoms with E-state index in [1.807, 2.05) is 0 Å². The number of carbonyl (C=O) groups excluding carboxylic acids is 1. The fourth-order valence-electron chi connectivity index (χ4n) is 3.40. The van der Waals surface area contributed by atoms with E-state index in [1.165, 1.54) is 28.6 Å². The maximum absolute atomic E-state index is 12.8. The number of methoxy groups -OCH3 is 1. The van der Waals surface area contributed by atoms with Gasteiger partial charge in [-0.25, -0.2) is 13.2 Å². The lowest BCUT2D eigenvalue weighted by atomic mass is 10.0. The molecule has 1 N–H and O–H groups in total. The molecule has 0 radical (unpaired) electrons. The molecule has 1 aromatic carbocycles. The minimum absolute atomic E-state index is 0.0372. The van der Waals surface area contributed by atoms with Gasteiger partial charge in [-0.3, -0.25) is 4.79 Å². The van der Waals surface area contributed by atoms with Gasteiger partial charge < -0.3 is 14.7 Å². The van der Waals surface area contributed by atoms with Crippen LogP contribution in [0.2, 0.25) is 0 Å². The van der Waals surface area contributed by atoms with Crippen molar-refractivity contribution in [1.82, 2.24) is 9.21 Å². The second kappa shape index (κ2) is 7.57. The zero-order valence-corrected chi connectivity index (χ0v) is 16.1. The van der Waals surface area contributed by atoms with E-state index in [0.717, 1.165) is 12.8 Å². The molecule has 1 heterocycles. The summed E-state index contributed by atoms with van der Waals surface area (Å²) in [4.78, 5) is 25.5. The smallest absolute Gasteiger partial charge is 0.335 e. The summed E-state index contributed by atoms with van der Waals surface area (Å²) < 4.78 is 32.0. The monoisotopic (exact) mass is 396 g/mol. The first-order chi connectivity index (χ1) is 12.8. The molecule has 148 valence electrons. The second-order valence-corrected chi connectivity index (χ2v) is 8.99. The SMILES string of the molecule is COCCC1(C(=O)N2CCN(S(=O)(=O)c3ccc(C(=O)O)cc3)CC2)CC1. The van der Waals surface area contributed by atoms with Gasteiger partial charge in [-0.1, -0.05) is 0 Å². The number of sulfonamides is 1. The third kappa shape index (κ3) is 3.99. The van der Waals surface area contributed by atoms with Gasteiger partial charge in [-0.05, 0) is 43.5 Å². The third-order valence-corrected chi connectivity index (χ3v) is 7.27. The van der Waals surface area contributed by atoms with Gasteiger partial charge in [-0.15, -0.1) is 0 Å². The van der Waals surface area contributed by atoms with Gasteiger partial charge in [0.15, 0.2) is 0 Å². The molecule has 1 aromatic rings. The van der Waals surface area contributed by atoms with Crippen LogP contribution in [0.4, 0.5) is 0 Å². The standard InChI is InChI=1S/C18H24N2O6S/c1-26-13-8-18(6-7-18)17(23)19-9-11-20(12-10-19)27(24,25)15-4-2-14(3-5-15)16(21)22/h2-5H,6-13H2,1H3,(H,21,22). The van der Waals surface area contributed by atoms with Crippen LogP contribution in [0.15, 0.2) is 29.2 Å². The Balaban J connectivity index is 1.63. The Labute approximate surface area is 158 Å². The number of carboxylic acids is 1. The van der Waals surface area contributed by atoms with Crippen molar-refractivity contribution in [2.75, 3.05) is 39.9 Å². The maximum Gasteiger partial charge on any atom is 0.335 e. The molecule has 0 spiro atoms. The molecule has 1 saturated heterocycles. The number of carboxylic acid groups (broad SMARTS) is 1. The Morgan fingerprint density at radius 1 is 1.11 bits per heavy atom. The number of benzene rings is 1. The van der Waals surface area contributed by atoms with Crippen LogP contribution in [0.3, 0.4) is 0 Å². The average Bonchev–Trinajstić information content (AvgIpc) is 3.47. The minimum Gasteiger partial charge on any atom is -0.478 e. The van der Waals surface area contributed by atoms with Crippen molar-refractivity contribution in [2.24, 2.45) is 5.41 Å². The van der Waals surface area contributed by atoms with E-state index in [-0.39, 0.29) is 34.9 Å². The summed E-state index contributed by atoms with van der Waals surface area (Å²) in [6.45, 7) is 1.73. The van der Waals surface area contributed by atoms with E-state index >= 15 is 0 Å². The molecule has 2 aliphatic rings. The minimum atomic E-state index is -3.71. The number of rotatable bonds is 7. The van der Waals surface area contributed by atoms with E-state index in [4.69, 9.17) is 9.84 Å². The van der Waals surface area contributed by atoms with Gasteiger partial charge in [-0.2, -0.15) is 4.31 Å². The average molecular weight is 396 g/mol. The summed E-state index contributed by atoms with van der Waals surface area (Å²) in [5.74, 6) is -1.00. The van der Waals surface area contributed by atoms with Crippen molar-refractivity contribution in [3.63, 3.8) is 0 Å². The highest BCUT2D eigenvalue weighted by atomic mass is 32.2. The largest absolute Gasteiger partial charge is 0.478 e. The Bertz CT molecular complexity index is 809. The maximum atomic E-state index is 12.8. The number of amides is 1. The normalized spacial score (nSPS) is 19.7. The van der Waals surface area contributed by atoms with Crippen LogP contribution in [-0.2, 0) is 19.6 Å². The number of nitrogens with zero attached hydrogens (tertiary/aromatic N) is 2. The van der Waals surface area contributed by atoms with Crippen LogP contribution in [0.1, 0.15) is 29.6 Å². The molecule has 1 amide bonds. The number of ether oxygens (including phenoxy) is 1. The zero-order chi connectivity index (χ0) is 19.7. The van der Waals surface area contributed by atoms with Gasteiger partial charge in [0.05, 0.1) is 15.9 Å². The Hall–Kier alpha value is -1.97. The summed E-state index contributed by atoms with van der Waals surface area (Å²) in [6.07, 6.45) is 2.43. The summed E-state index contributed by atoms with van der Waals surface area (Å²) in [5.41, 5.74) is -0.279. The summed E-state index contributed by atoms with van der Waals surface area (Å²) in [5, 5.41) is 8.93. The summed E-state index contributed by atoms with van der Waals surface area (Å²) in [7, 11) is -2.09. The molecule has 1 aliphatic carbocycles. The zero-order valence-electron chi connectivity index (χ0n) is 15.3. The molecule has 0 atom stereocenters. The Kier molecular flexibility index (Phi) is 5.55. The second-order valence-electron chi connectivity index (χ2n) is 7.05. The van der Waals surface area contributed by atoms with Crippen LogP contribution in [0, 0.1) is 5.41 Å². The molecular formula is C18H24N2O6S. The van der Waals surface area contributed by atoms with Crippen LogP contribution in [-0.4, -0.2) is 74.5 Å².